The van der Waals surface area contributed by atoms with E-state index in [9.17, 15) is 4.79 Å². The third-order valence-corrected chi connectivity index (χ3v) is 2.61. The molecule has 0 radical (unpaired) electrons. The molecule has 0 saturated carbocycles. The summed E-state index contributed by atoms with van der Waals surface area (Å²) in [6, 6.07) is 10.2. The number of amides is 2. The molecule has 0 aliphatic carbocycles. The topological polar surface area (TPSA) is 54.0 Å². The molecule has 0 bridgehead atoms. The van der Waals surface area contributed by atoms with Crippen molar-refractivity contribution >= 4 is 29.0 Å². The van der Waals surface area contributed by atoms with Crippen molar-refractivity contribution in [3.63, 3.8) is 0 Å². The van der Waals surface area contributed by atoms with Crippen molar-refractivity contribution in [1.82, 2.24) is 4.98 Å². The number of urea groups is 1. The minimum absolute atomic E-state index is 0.312. The van der Waals surface area contributed by atoms with E-state index in [2.05, 4.69) is 15.6 Å². The molecule has 2 N–H and O–H groups in total. The minimum Gasteiger partial charge on any atom is -0.308 e. The van der Waals surface area contributed by atoms with Crippen LogP contribution in [0.25, 0.3) is 0 Å². The summed E-state index contributed by atoms with van der Waals surface area (Å²) < 4.78 is 0. The Morgan fingerprint density at radius 2 is 1.89 bits per heavy atom. The van der Waals surface area contributed by atoms with Crippen LogP contribution in [0.2, 0.25) is 5.02 Å². The summed E-state index contributed by atoms with van der Waals surface area (Å²) in [5, 5.41) is 6.06. The highest BCUT2D eigenvalue weighted by Crippen LogP contribution is 2.14. The van der Waals surface area contributed by atoms with E-state index in [-0.39, 0.29) is 6.03 Å². The van der Waals surface area contributed by atoms with Gasteiger partial charge in [-0.25, -0.2) is 4.79 Å². The Labute approximate surface area is 110 Å². The molecular formula is C13H12ClN3O. The van der Waals surface area contributed by atoms with Crippen molar-refractivity contribution in [2.75, 3.05) is 10.6 Å². The number of benzene rings is 1. The van der Waals surface area contributed by atoms with Gasteiger partial charge in [0.1, 0.15) is 0 Å². The number of anilines is 2. The Hall–Kier alpha value is -2.07. The third-order valence-electron chi connectivity index (χ3n) is 2.36. The van der Waals surface area contributed by atoms with E-state index in [1.807, 2.05) is 6.92 Å². The number of halogens is 1. The van der Waals surface area contributed by atoms with Crippen LogP contribution in [0, 0.1) is 6.92 Å². The lowest BCUT2D eigenvalue weighted by Gasteiger charge is -2.09. The smallest absolute Gasteiger partial charge is 0.308 e. The van der Waals surface area contributed by atoms with E-state index in [4.69, 9.17) is 11.6 Å². The molecular weight excluding hydrogens is 250 g/mol. The molecule has 0 atom stereocenters. The van der Waals surface area contributed by atoms with Crippen LogP contribution in [0.1, 0.15) is 5.69 Å². The van der Waals surface area contributed by atoms with Gasteiger partial charge in [-0.1, -0.05) is 11.6 Å². The molecule has 2 aromatic rings. The summed E-state index contributed by atoms with van der Waals surface area (Å²) in [7, 11) is 0. The third kappa shape index (κ3) is 3.21. The van der Waals surface area contributed by atoms with Crippen LogP contribution in [0.15, 0.2) is 42.6 Å². The number of pyridine rings is 1. The number of hydrogen-bond donors (Lipinski definition) is 2. The molecule has 0 fully saturated rings. The van der Waals surface area contributed by atoms with Crippen molar-refractivity contribution in [1.29, 1.82) is 0 Å². The standard InChI is InChI=1S/C13H12ClN3O/c1-9-12(3-2-8-15-9)17-13(18)16-11-6-4-10(14)5-7-11/h2-8H,1H3,(H2,16,17,18). The summed E-state index contributed by atoms with van der Waals surface area (Å²) in [6.45, 7) is 1.83. The maximum atomic E-state index is 11.7. The molecule has 0 aliphatic rings. The molecule has 2 rings (SSSR count). The average Bonchev–Trinajstić information content (AvgIpc) is 2.35. The van der Waals surface area contributed by atoms with Gasteiger partial charge in [0.25, 0.3) is 0 Å². The first-order chi connectivity index (χ1) is 8.65. The zero-order chi connectivity index (χ0) is 13.0. The van der Waals surface area contributed by atoms with Gasteiger partial charge >= 0.3 is 6.03 Å². The number of nitrogens with zero attached hydrogens (tertiary/aromatic N) is 1. The summed E-state index contributed by atoms with van der Waals surface area (Å²) in [5.74, 6) is 0. The molecule has 18 heavy (non-hydrogen) atoms. The number of carbonyl (C=O) groups excluding carboxylic acids is 1. The van der Waals surface area contributed by atoms with Crippen molar-refractivity contribution in [3.8, 4) is 0 Å². The van der Waals surface area contributed by atoms with Crippen LogP contribution in [0.4, 0.5) is 16.2 Å². The second kappa shape index (κ2) is 5.51. The zero-order valence-corrected chi connectivity index (χ0v) is 10.5. The molecule has 0 saturated heterocycles. The average molecular weight is 262 g/mol. The summed E-state index contributed by atoms with van der Waals surface area (Å²) in [4.78, 5) is 15.8. The lowest BCUT2D eigenvalue weighted by atomic mass is 10.3. The molecule has 0 aliphatic heterocycles. The Morgan fingerprint density at radius 1 is 1.17 bits per heavy atom. The lowest BCUT2D eigenvalue weighted by Crippen LogP contribution is -2.20. The van der Waals surface area contributed by atoms with Gasteiger partial charge in [0, 0.05) is 16.9 Å². The maximum Gasteiger partial charge on any atom is 0.323 e. The second-order valence-corrected chi connectivity index (χ2v) is 4.16. The number of aryl methyl sites for hydroxylation is 1. The van der Waals surface area contributed by atoms with Crippen molar-refractivity contribution in [2.45, 2.75) is 6.92 Å². The Balaban J connectivity index is 2.01. The molecule has 1 aromatic heterocycles. The van der Waals surface area contributed by atoms with Crippen molar-refractivity contribution in [3.05, 3.63) is 53.3 Å². The highest BCUT2D eigenvalue weighted by Gasteiger charge is 2.04. The van der Waals surface area contributed by atoms with Gasteiger partial charge in [-0.05, 0) is 43.3 Å². The largest absolute Gasteiger partial charge is 0.323 e. The molecule has 0 spiro atoms. The van der Waals surface area contributed by atoms with E-state index in [1.54, 1.807) is 42.6 Å². The number of nitrogens with one attached hydrogen (secondary N) is 2. The van der Waals surface area contributed by atoms with Gasteiger partial charge in [-0.15, -0.1) is 0 Å². The van der Waals surface area contributed by atoms with Crippen LogP contribution in [-0.2, 0) is 0 Å². The van der Waals surface area contributed by atoms with Gasteiger partial charge in [-0.2, -0.15) is 0 Å². The van der Waals surface area contributed by atoms with Crippen molar-refractivity contribution < 1.29 is 4.79 Å². The molecule has 1 heterocycles. The lowest BCUT2D eigenvalue weighted by molar-refractivity contribution is 0.262. The van der Waals surface area contributed by atoms with Crippen LogP contribution < -0.4 is 10.6 Å². The minimum atomic E-state index is -0.312. The van der Waals surface area contributed by atoms with Gasteiger partial charge in [0.15, 0.2) is 0 Å². The number of rotatable bonds is 2. The highest BCUT2D eigenvalue weighted by molar-refractivity contribution is 6.30. The Bertz CT molecular complexity index is 554. The fourth-order valence-corrected chi connectivity index (χ4v) is 1.56. The normalized spacial score (nSPS) is 9.89. The molecule has 4 nitrogen and oxygen atoms in total. The van der Waals surface area contributed by atoms with Crippen molar-refractivity contribution in [2.24, 2.45) is 0 Å². The number of aromatic nitrogens is 1. The van der Waals surface area contributed by atoms with Gasteiger partial charge in [0.2, 0.25) is 0 Å². The fourth-order valence-electron chi connectivity index (χ4n) is 1.43. The first-order valence-electron chi connectivity index (χ1n) is 5.40. The van der Waals surface area contributed by atoms with E-state index in [0.717, 1.165) is 5.69 Å². The van der Waals surface area contributed by atoms with E-state index in [0.29, 0.717) is 16.4 Å². The maximum absolute atomic E-state index is 11.7. The van der Waals surface area contributed by atoms with Gasteiger partial charge in [0.05, 0.1) is 11.4 Å². The monoisotopic (exact) mass is 261 g/mol. The zero-order valence-electron chi connectivity index (χ0n) is 9.77. The van der Waals surface area contributed by atoms with E-state index < -0.39 is 0 Å². The molecule has 92 valence electrons. The second-order valence-electron chi connectivity index (χ2n) is 3.72. The molecule has 5 heteroatoms. The van der Waals surface area contributed by atoms with Crippen LogP contribution >= 0.6 is 11.6 Å². The molecule has 1 aromatic carbocycles. The first kappa shape index (κ1) is 12.4. The van der Waals surface area contributed by atoms with E-state index >= 15 is 0 Å². The fraction of sp³-hybridized carbons (Fsp3) is 0.0769. The summed E-state index contributed by atoms with van der Waals surface area (Å²) >= 11 is 5.76. The van der Waals surface area contributed by atoms with Crippen LogP contribution in [0.3, 0.4) is 0 Å². The van der Waals surface area contributed by atoms with Crippen LogP contribution in [-0.4, -0.2) is 11.0 Å². The summed E-state index contributed by atoms with van der Waals surface area (Å²) in [6.07, 6.45) is 1.68. The molecule has 2 amide bonds. The van der Waals surface area contributed by atoms with Gasteiger partial charge in [-0.3, -0.25) is 4.98 Å². The predicted molar refractivity (Wildman–Crippen MR) is 73.1 cm³/mol. The van der Waals surface area contributed by atoms with Gasteiger partial charge < -0.3 is 10.6 Å². The van der Waals surface area contributed by atoms with Crippen LogP contribution in [0.5, 0.6) is 0 Å². The Morgan fingerprint density at radius 3 is 2.56 bits per heavy atom. The number of hydrogen-bond acceptors (Lipinski definition) is 2. The SMILES string of the molecule is Cc1ncccc1NC(=O)Nc1ccc(Cl)cc1. The quantitative estimate of drug-likeness (QED) is 0.866. The predicted octanol–water partition coefficient (Wildman–Crippen LogP) is 3.69. The number of carbonyl (C=O) groups is 1. The molecule has 0 unspecified atom stereocenters. The Kier molecular flexibility index (Phi) is 3.79. The first-order valence-corrected chi connectivity index (χ1v) is 5.78. The summed E-state index contributed by atoms with van der Waals surface area (Å²) in [5.41, 5.74) is 2.13. The van der Waals surface area contributed by atoms with E-state index in [1.165, 1.54) is 0 Å². The highest BCUT2D eigenvalue weighted by atomic mass is 35.5.